The smallest absolute Gasteiger partial charge is 0.230 e. The molecule has 3 atom stereocenters. The lowest BCUT2D eigenvalue weighted by Crippen LogP contribution is -2.41. The molecule has 1 saturated carbocycles. The average Bonchev–Trinajstić information content (AvgIpc) is 3.13. The number of nitrogens with zero attached hydrogens (tertiary/aromatic N) is 3. The molecule has 1 aliphatic rings. The number of aromatic nitrogens is 3. The molecule has 158 valence electrons. The number of nitrogens with one attached hydrogen (secondary N) is 1. The lowest BCUT2D eigenvalue weighted by Gasteiger charge is -2.29. The summed E-state index contributed by atoms with van der Waals surface area (Å²) in [5, 5.41) is 13.1. The van der Waals surface area contributed by atoms with E-state index in [1.807, 2.05) is 36.6 Å². The molecule has 3 rings (SSSR count). The summed E-state index contributed by atoms with van der Waals surface area (Å²) in [6.07, 6.45) is 4.41. The lowest BCUT2D eigenvalue weighted by atomic mass is 9.86. The second-order valence-corrected chi connectivity index (χ2v) is 8.85. The Bertz CT molecular complexity index is 829. The monoisotopic (exact) mass is 436 g/mol. The molecule has 0 radical (unpaired) electrons. The van der Waals surface area contributed by atoms with Crippen molar-refractivity contribution in [1.29, 1.82) is 0 Å². The number of carbonyl (C=O) groups excluding carboxylic acids is 1. The summed E-state index contributed by atoms with van der Waals surface area (Å²) in [5.74, 6) is 2.27. The first-order valence-corrected chi connectivity index (χ1v) is 11.6. The summed E-state index contributed by atoms with van der Waals surface area (Å²) in [6, 6.07) is 7.66. The SMILES string of the molecule is CCn1c(SCC(=O)N[C@@H]2CCCC[C@H]2C)nnc1[C@H](C)Oc1ccccc1Cl. The first kappa shape index (κ1) is 22.0. The zero-order valence-corrected chi connectivity index (χ0v) is 18.8. The Labute approximate surface area is 181 Å². The lowest BCUT2D eigenvalue weighted by molar-refractivity contribution is -0.119. The molecule has 2 aromatic rings. The minimum Gasteiger partial charge on any atom is -0.481 e. The molecule has 8 heteroatoms. The molecule has 1 aromatic carbocycles. The molecular formula is C21H29ClN4O2S. The number of benzene rings is 1. The molecule has 1 fully saturated rings. The standard InChI is InChI=1S/C21H29ClN4O2S/c1-4-26-20(15(3)28-18-12-8-6-10-16(18)22)24-25-21(26)29-13-19(27)23-17-11-7-5-9-14(17)2/h6,8,10,12,14-15,17H,4-5,7,9,11,13H2,1-3H3,(H,23,27)/t14-,15+,17-/m1/s1. The van der Waals surface area contributed by atoms with Crippen LogP contribution in [0.3, 0.4) is 0 Å². The minimum absolute atomic E-state index is 0.0568. The maximum atomic E-state index is 12.4. The maximum Gasteiger partial charge on any atom is 0.230 e. The van der Waals surface area contributed by atoms with Crippen LogP contribution in [0.25, 0.3) is 0 Å². The Morgan fingerprint density at radius 3 is 2.83 bits per heavy atom. The van der Waals surface area contributed by atoms with Crippen LogP contribution in [0.4, 0.5) is 0 Å². The Morgan fingerprint density at radius 1 is 1.34 bits per heavy atom. The fraction of sp³-hybridized carbons (Fsp3) is 0.571. The normalized spacial score (nSPS) is 20.3. The molecule has 1 aromatic heterocycles. The van der Waals surface area contributed by atoms with Gasteiger partial charge in [0.25, 0.3) is 0 Å². The fourth-order valence-electron chi connectivity index (χ4n) is 3.70. The zero-order valence-electron chi connectivity index (χ0n) is 17.2. The maximum absolute atomic E-state index is 12.4. The van der Waals surface area contributed by atoms with Crippen molar-refractivity contribution in [3.8, 4) is 5.75 Å². The average molecular weight is 437 g/mol. The van der Waals surface area contributed by atoms with E-state index in [0.717, 1.165) is 17.4 Å². The number of hydrogen-bond acceptors (Lipinski definition) is 5. The van der Waals surface area contributed by atoms with Gasteiger partial charge < -0.3 is 14.6 Å². The molecule has 0 spiro atoms. The molecule has 1 amide bonds. The first-order valence-electron chi connectivity index (χ1n) is 10.3. The Hall–Kier alpha value is -1.73. The van der Waals surface area contributed by atoms with Crippen molar-refractivity contribution < 1.29 is 9.53 Å². The zero-order chi connectivity index (χ0) is 20.8. The third-order valence-electron chi connectivity index (χ3n) is 5.36. The van der Waals surface area contributed by atoms with E-state index in [9.17, 15) is 4.79 Å². The highest BCUT2D eigenvalue weighted by Gasteiger charge is 2.24. The van der Waals surface area contributed by atoms with Crippen molar-refractivity contribution in [2.24, 2.45) is 5.92 Å². The van der Waals surface area contributed by atoms with Gasteiger partial charge in [-0.2, -0.15) is 0 Å². The number of carbonyl (C=O) groups is 1. The molecular weight excluding hydrogens is 408 g/mol. The Kier molecular flexibility index (Phi) is 7.84. The van der Waals surface area contributed by atoms with Crippen LogP contribution in [-0.2, 0) is 11.3 Å². The van der Waals surface area contributed by atoms with Gasteiger partial charge in [0.05, 0.1) is 10.8 Å². The van der Waals surface area contributed by atoms with E-state index < -0.39 is 0 Å². The fourth-order valence-corrected chi connectivity index (χ4v) is 4.70. The Balaban J connectivity index is 1.60. The van der Waals surface area contributed by atoms with E-state index in [1.54, 1.807) is 6.07 Å². The number of rotatable bonds is 8. The third kappa shape index (κ3) is 5.66. The number of amides is 1. The first-order chi connectivity index (χ1) is 14.0. The number of halogens is 1. The predicted molar refractivity (Wildman–Crippen MR) is 116 cm³/mol. The van der Waals surface area contributed by atoms with Crippen molar-refractivity contribution in [1.82, 2.24) is 20.1 Å². The summed E-state index contributed by atoms with van der Waals surface area (Å²) in [4.78, 5) is 12.4. The highest BCUT2D eigenvalue weighted by molar-refractivity contribution is 7.99. The quantitative estimate of drug-likeness (QED) is 0.597. The van der Waals surface area contributed by atoms with Gasteiger partial charge >= 0.3 is 0 Å². The Morgan fingerprint density at radius 2 is 2.10 bits per heavy atom. The topological polar surface area (TPSA) is 69.0 Å². The van der Waals surface area contributed by atoms with Crippen LogP contribution in [-0.4, -0.2) is 32.5 Å². The van der Waals surface area contributed by atoms with Gasteiger partial charge in [-0.1, -0.05) is 55.3 Å². The largest absolute Gasteiger partial charge is 0.481 e. The molecule has 1 heterocycles. The van der Waals surface area contributed by atoms with Gasteiger partial charge in [-0.3, -0.25) is 4.79 Å². The number of thioether (sulfide) groups is 1. The summed E-state index contributed by atoms with van der Waals surface area (Å²) in [6.45, 7) is 6.87. The van der Waals surface area contributed by atoms with E-state index in [-0.39, 0.29) is 12.0 Å². The van der Waals surface area contributed by atoms with E-state index >= 15 is 0 Å². The summed E-state index contributed by atoms with van der Waals surface area (Å²) < 4.78 is 7.97. The highest BCUT2D eigenvalue weighted by atomic mass is 35.5. The van der Waals surface area contributed by atoms with E-state index in [2.05, 4.69) is 22.4 Å². The summed E-state index contributed by atoms with van der Waals surface area (Å²) in [5.41, 5.74) is 0. The summed E-state index contributed by atoms with van der Waals surface area (Å²) in [7, 11) is 0. The van der Waals surface area contributed by atoms with Crippen molar-refractivity contribution in [3.05, 3.63) is 35.1 Å². The van der Waals surface area contributed by atoms with Gasteiger partial charge in [0, 0.05) is 12.6 Å². The summed E-state index contributed by atoms with van der Waals surface area (Å²) >= 11 is 7.61. The second-order valence-electron chi connectivity index (χ2n) is 7.50. The predicted octanol–water partition coefficient (Wildman–Crippen LogP) is 4.88. The van der Waals surface area contributed by atoms with Gasteiger partial charge in [0.2, 0.25) is 5.91 Å². The van der Waals surface area contributed by atoms with Crippen molar-refractivity contribution in [3.63, 3.8) is 0 Å². The van der Waals surface area contributed by atoms with Crippen molar-refractivity contribution in [2.45, 2.75) is 70.3 Å². The van der Waals surface area contributed by atoms with Crippen molar-refractivity contribution in [2.75, 3.05) is 5.75 Å². The molecule has 1 aliphatic carbocycles. The van der Waals surface area contributed by atoms with Crippen LogP contribution < -0.4 is 10.1 Å². The van der Waals surface area contributed by atoms with E-state index in [4.69, 9.17) is 16.3 Å². The van der Waals surface area contributed by atoms with Crippen LogP contribution in [0.15, 0.2) is 29.4 Å². The molecule has 29 heavy (non-hydrogen) atoms. The minimum atomic E-state index is -0.311. The molecule has 0 bridgehead atoms. The molecule has 0 aliphatic heterocycles. The second kappa shape index (κ2) is 10.3. The van der Waals surface area contributed by atoms with Crippen molar-refractivity contribution >= 4 is 29.3 Å². The molecule has 1 N–H and O–H groups in total. The number of ether oxygens (including phenoxy) is 1. The number of hydrogen-bond donors (Lipinski definition) is 1. The van der Waals surface area contributed by atoms with Gasteiger partial charge in [0.15, 0.2) is 17.1 Å². The van der Waals surface area contributed by atoms with Gasteiger partial charge in [-0.05, 0) is 44.7 Å². The van der Waals surface area contributed by atoms with Crippen LogP contribution >= 0.6 is 23.4 Å². The van der Waals surface area contributed by atoms with Gasteiger partial charge in [-0.25, -0.2) is 0 Å². The van der Waals surface area contributed by atoms with Gasteiger partial charge in [-0.15, -0.1) is 10.2 Å². The van der Waals surface area contributed by atoms with E-state index in [0.29, 0.717) is 35.0 Å². The third-order valence-corrected chi connectivity index (χ3v) is 6.63. The van der Waals surface area contributed by atoms with Crippen LogP contribution in [0.2, 0.25) is 5.02 Å². The van der Waals surface area contributed by atoms with Crippen LogP contribution in [0, 0.1) is 5.92 Å². The van der Waals surface area contributed by atoms with Crippen LogP contribution in [0.5, 0.6) is 5.75 Å². The van der Waals surface area contributed by atoms with E-state index in [1.165, 1.54) is 31.0 Å². The highest BCUT2D eigenvalue weighted by Crippen LogP contribution is 2.29. The molecule has 6 nitrogen and oxygen atoms in total. The van der Waals surface area contributed by atoms with Gasteiger partial charge in [0.1, 0.15) is 5.75 Å². The number of para-hydroxylation sites is 1. The molecule has 0 saturated heterocycles. The molecule has 0 unspecified atom stereocenters. The van der Waals surface area contributed by atoms with Crippen LogP contribution in [0.1, 0.15) is 58.4 Å².